The molecule has 1 saturated heterocycles. The minimum Gasteiger partial charge on any atom is -0.497 e. The number of likely N-dealkylation sites (tertiary alicyclic amines) is 1. The molecular weight excluding hydrogens is 276 g/mol. The second kappa shape index (κ2) is 6.79. The summed E-state index contributed by atoms with van der Waals surface area (Å²) in [6.07, 6.45) is 6.44. The highest BCUT2D eigenvalue weighted by atomic mass is 16.5. The molecule has 0 unspecified atom stereocenters. The summed E-state index contributed by atoms with van der Waals surface area (Å²) in [5, 5.41) is 0. The summed E-state index contributed by atoms with van der Waals surface area (Å²) in [7, 11) is 3.36. The first-order chi connectivity index (χ1) is 10.8. The monoisotopic (exact) mass is 298 g/mol. The van der Waals surface area contributed by atoms with Crippen LogP contribution in [0.4, 0.5) is 0 Å². The maximum atomic E-state index is 5.48. The van der Waals surface area contributed by atoms with Crippen LogP contribution < -0.4 is 9.47 Å². The first-order valence-corrected chi connectivity index (χ1v) is 7.69. The highest BCUT2D eigenvalue weighted by Crippen LogP contribution is 2.33. The van der Waals surface area contributed by atoms with Gasteiger partial charge in [-0.15, -0.1) is 0 Å². The van der Waals surface area contributed by atoms with Crippen molar-refractivity contribution in [3.8, 4) is 22.6 Å². The summed E-state index contributed by atoms with van der Waals surface area (Å²) < 4.78 is 10.8. The number of nitrogens with zero attached hydrogens (tertiary/aromatic N) is 2. The van der Waals surface area contributed by atoms with E-state index in [0.29, 0.717) is 0 Å². The third-order valence-corrected chi connectivity index (χ3v) is 4.12. The van der Waals surface area contributed by atoms with Crippen molar-refractivity contribution in [2.75, 3.05) is 27.3 Å². The second-order valence-electron chi connectivity index (χ2n) is 5.63. The molecular formula is C18H22N2O2. The Morgan fingerprint density at radius 1 is 1.05 bits per heavy atom. The molecule has 22 heavy (non-hydrogen) atoms. The molecule has 0 amide bonds. The lowest BCUT2D eigenvalue weighted by molar-refractivity contribution is 0.331. The minimum absolute atomic E-state index is 0.820. The molecule has 1 aliphatic heterocycles. The van der Waals surface area contributed by atoms with Gasteiger partial charge in [0.15, 0.2) is 0 Å². The molecule has 4 heteroatoms. The molecule has 4 nitrogen and oxygen atoms in total. The quantitative estimate of drug-likeness (QED) is 0.848. The fraction of sp³-hybridized carbons (Fsp3) is 0.389. The van der Waals surface area contributed by atoms with Gasteiger partial charge in [0.05, 0.1) is 14.2 Å². The Kier molecular flexibility index (Phi) is 4.59. The van der Waals surface area contributed by atoms with Crippen molar-refractivity contribution in [3.05, 3.63) is 42.2 Å². The summed E-state index contributed by atoms with van der Waals surface area (Å²) in [6.45, 7) is 3.34. The van der Waals surface area contributed by atoms with Gasteiger partial charge in [-0.05, 0) is 55.8 Å². The van der Waals surface area contributed by atoms with Crippen molar-refractivity contribution in [3.63, 3.8) is 0 Å². The summed E-state index contributed by atoms with van der Waals surface area (Å²) in [4.78, 5) is 6.89. The Morgan fingerprint density at radius 3 is 2.59 bits per heavy atom. The van der Waals surface area contributed by atoms with E-state index in [9.17, 15) is 0 Å². The smallest absolute Gasteiger partial charge is 0.127 e. The number of benzene rings is 1. The van der Waals surface area contributed by atoms with Crippen LogP contribution in [0.1, 0.15) is 18.4 Å². The van der Waals surface area contributed by atoms with E-state index >= 15 is 0 Å². The van der Waals surface area contributed by atoms with Crippen molar-refractivity contribution < 1.29 is 9.47 Å². The number of aromatic nitrogens is 1. The topological polar surface area (TPSA) is 34.6 Å². The lowest BCUT2D eigenvalue weighted by atomic mass is 10.0. The molecule has 1 aromatic carbocycles. The predicted octanol–water partition coefficient (Wildman–Crippen LogP) is 3.36. The zero-order chi connectivity index (χ0) is 15.4. The lowest BCUT2D eigenvalue weighted by Gasteiger charge is -2.15. The molecule has 1 aliphatic rings. The summed E-state index contributed by atoms with van der Waals surface area (Å²) in [5.74, 6) is 1.65. The highest BCUT2D eigenvalue weighted by Gasteiger charge is 2.13. The number of methoxy groups -OCH3 is 2. The number of hydrogen-bond donors (Lipinski definition) is 0. The maximum absolute atomic E-state index is 5.48. The summed E-state index contributed by atoms with van der Waals surface area (Å²) in [5.41, 5.74) is 3.31. The summed E-state index contributed by atoms with van der Waals surface area (Å²) in [6, 6.07) is 8.03. The standard InChI is InChI=1S/C18H22N2O2/c1-21-16-5-6-18(22-2)17(10-16)15-9-14(11-19-12-15)13-20-7-3-4-8-20/h5-6,9-12H,3-4,7-8,13H2,1-2H3. The van der Waals surface area contributed by atoms with Crippen molar-refractivity contribution in [1.82, 2.24) is 9.88 Å². The van der Waals surface area contributed by atoms with Gasteiger partial charge in [0.1, 0.15) is 11.5 Å². The van der Waals surface area contributed by atoms with Crippen LogP contribution in [0, 0.1) is 0 Å². The van der Waals surface area contributed by atoms with Gasteiger partial charge in [-0.1, -0.05) is 0 Å². The van der Waals surface area contributed by atoms with Gasteiger partial charge in [-0.3, -0.25) is 9.88 Å². The van der Waals surface area contributed by atoms with Crippen LogP contribution in [0.25, 0.3) is 11.1 Å². The fourth-order valence-corrected chi connectivity index (χ4v) is 2.96. The van der Waals surface area contributed by atoms with E-state index in [2.05, 4.69) is 16.0 Å². The average Bonchev–Trinajstić information content (AvgIpc) is 3.07. The minimum atomic E-state index is 0.820. The van der Waals surface area contributed by atoms with Gasteiger partial charge < -0.3 is 9.47 Å². The van der Waals surface area contributed by atoms with Gasteiger partial charge in [0.25, 0.3) is 0 Å². The molecule has 2 heterocycles. The Labute approximate surface area is 131 Å². The first-order valence-electron chi connectivity index (χ1n) is 7.69. The van der Waals surface area contributed by atoms with Crippen molar-refractivity contribution >= 4 is 0 Å². The van der Waals surface area contributed by atoms with Crippen molar-refractivity contribution in [1.29, 1.82) is 0 Å². The van der Waals surface area contributed by atoms with Gasteiger partial charge >= 0.3 is 0 Å². The Hall–Kier alpha value is -2.07. The molecule has 1 aromatic heterocycles. The molecule has 0 spiro atoms. The van der Waals surface area contributed by atoms with E-state index in [-0.39, 0.29) is 0 Å². The number of pyridine rings is 1. The van der Waals surface area contributed by atoms with E-state index in [0.717, 1.165) is 29.2 Å². The largest absolute Gasteiger partial charge is 0.497 e. The van der Waals surface area contributed by atoms with Crippen LogP contribution in [0.15, 0.2) is 36.7 Å². The Morgan fingerprint density at radius 2 is 1.86 bits per heavy atom. The number of rotatable bonds is 5. The second-order valence-corrected chi connectivity index (χ2v) is 5.63. The highest BCUT2D eigenvalue weighted by molar-refractivity contribution is 5.71. The van der Waals surface area contributed by atoms with Crippen LogP contribution in [-0.4, -0.2) is 37.2 Å². The molecule has 3 rings (SSSR count). The number of ether oxygens (including phenoxy) is 2. The zero-order valence-corrected chi connectivity index (χ0v) is 13.2. The van der Waals surface area contributed by atoms with E-state index in [1.54, 1.807) is 14.2 Å². The van der Waals surface area contributed by atoms with E-state index < -0.39 is 0 Å². The van der Waals surface area contributed by atoms with Gasteiger partial charge in [0, 0.05) is 30.1 Å². The van der Waals surface area contributed by atoms with Gasteiger partial charge in [-0.25, -0.2) is 0 Å². The molecule has 0 aliphatic carbocycles. The Bertz CT molecular complexity index is 637. The van der Waals surface area contributed by atoms with Crippen LogP contribution in [0.2, 0.25) is 0 Å². The normalized spacial score (nSPS) is 15.0. The predicted molar refractivity (Wildman–Crippen MR) is 87.3 cm³/mol. The third-order valence-electron chi connectivity index (χ3n) is 4.12. The van der Waals surface area contributed by atoms with Crippen LogP contribution in [-0.2, 0) is 6.54 Å². The fourth-order valence-electron chi connectivity index (χ4n) is 2.96. The van der Waals surface area contributed by atoms with Gasteiger partial charge in [-0.2, -0.15) is 0 Å². The SMILES string of the molecule is COc1ccc(OC)c(-c2cncc(CN3CCCC3)c2)c1. The number of hydrogen-bond acceptors (Lipinski definition) is 4. The molecule has 0 bridgehead atoms. The van der Waals surface area contributed by atoms with E-state index in [1.165, 1.54) is 31.5 Å². The molecule has 0 saturated carbocycles. The van der Waals surface area contributed by atoms with Crippen molar-refractivity contribution in [2.45, 2.75) is 19.4 Å². The molecule has 0 N–H and O–H groups in total. The van der Waals surface area contributed by atoms with Crippen LogP contribution in [0.3, 0.4) is 0 Å². The van der Waals surface area contributed by atoms with Crippen molar-refractivity contribution in [2.24, 2.45) is 0 Å². The lowest BCUT2D eigenvalue weighted by Crippen LogP contribution is -2.18. The average molecular weight is 298 g/mol. The molecule has 2 aromatic rings. The Balaban J connectivity index is 1.90. The van der Waals surface area contributed by atoms with E-state index in [1.807, 2.05) is 30.6 Å². The van der Waals surface area contributed by atoms with Crippen LogP contribution >= 0.6 is 0 Å². The third kappa shape index (κ3) is 3.22. The molecule has 116 valence electrons. The van der Waals surface area contributed by atoms with Crippen LogP contribution in [0.5, 0.6) is 11.5 Å². The van der Waals surface area contributed by atoms with Gasteiger partial charge in [0.2, 0.25) is 0 Å². The first kappa shape index (κ1) is 14.9. The zero-order valence-electron chi connectivity index (χ0n) is 13.2. The molecule has 0 radical (unpaired) electrons. The molecule has 1 fully saturated rings. The molecule has 0 atom stereocenters. The summed E-state index contributed by atoms with van der Waals surface area (Å²) >= 11 is 0. The van der Waals surface area contributed by atoms with E-state index in [4.69, 9.17) is 9.47 Å². The maximum Gasteiger partial charge on any atom is 0.127 e.